The van der Waals surface area contributed by atoms with E-state index in [4.69, 9.17) is 16.3 Å². The number of benzene rings is 1. The summed E-state index contributed by atoms with van der Waals surface area (Å²) in [6.07, 6.45) is 0. The van der Waals surface area contributed by atoms with Gasteiger partial charge < -0.3 is 4.74 Å². The minimum absolute atomic E-state index is 0.000378. The second-order valence-corrected chi connectivity index (χ2v) is 7.48. The number of carbonyl (C=O) groups excluding carboxylic acids is 1. The average molecular weight is 320 g/mol. The quantitative estimate of drug-likeness (QED) is 0.865. The number of halogens is 1. The van der Waals surface area contributed by atoms with Gasteiger partial charge in [-0.15, -0.1) is 0 Å². The van der Waals surface area contributed by atoms with Crippen molar-refractivity contribution in [2.45, 2.75) is 44.2 Å². The summed E-state index contributed by atoms with van der Waals surface area (Å²) in [5.74, 6) is -0.636. The van der Waals surface area contributed by atoms with Gasteiger partial charge in [0.2, 0.25) is 10.0 Å². The lowest BCUT2D eigenvalue weighted by atomic mass is 10.2. The van der Waals surface area contributed by atoms with Gasteiger partial charge >= 0.3 is 5.97 Å². The molecule has 0 radical (unpaired) electrons. The summed E-state index contributed by atoms with van der Waals surface area (Å²) in [5, 5.41) is 0.304. The van der Waals surface area contributed by atoms with Crippen LogP contribution in [0.5, 0.6) is 0 Å². The maximum absolute atomic E-state index is 12.1. The van der Waals surface area contributed by atoms with Crippen LogP contribution in [-0.4, -0.2) is 26.0 Å². The molecule has 0 fully saturated rings. The van der Waals surface area contributed by atoms with Gasteiger partial charge in [0.1, 0.15) is 11.6 Å². The molecule has 112 valence electrons. The lowest BCUT2D eigenvalue weighted by molar-refractivity contribution is -0.156. The summed E-state index contributed by atoms with van der Waals surface area (Å²) in [6, 6.07) is 4.81. The van der Waals surface area contributed by atoms with Gasteiger partial charge in [0.25, 0.3) is 0 Å². The number of sulfonamides is 1. The summed E-state index contributed by atoms with van der Waals surface area (Å²) < 4.78 is 31.5. The predicted octanol–water partition coefficient (Wildman–Crippen LogP) is 2.35. The van der Waals surface area contributed by atoms with Crippen molar-refractivity contribution < 1.29 is 17.9 Å². The highest BCUT2D eigenvalue weighted by molar-refractivity contribution is 7.89. The van der Waals surface area contributed by atoms with Crippen LogP contribution in [0.25, 0.3) is 0 Å². The Kier molecular flexibility index (Phi) is 5.18. The van der Waals surface area contributed by atoms with E-state index in [-0.39, 0.29) is 4.90 Å². The fourth-order valence-electron chi connectivity index (χ4n) is 1.37. The van der Waals surface area contributed by atoms with Crippen molar-refractivity contribution in [2.75, 3.05) is 0 Å². The van der Waals surface area contributed by atoms with Gasteiger partial charge in [0.05, 0.1) is 4.90 Å². The molecule has 0 heterocycles. The normalized spacial score (nSPS) is 13.8. The fraction of sp³-hybridized carbons (Fsp3) is 0.462. The van der Waals surface area contributed by atoms with Crippen molar-refractivity contribution >= 4 is 27.6 Å². The van der Waals surface area contributed by atoms with E-state index in [1.54, 1.807) is 26.8 Å². The molecule has 0 saturated carbocycles. The maximum Gasteiger partial charge on any atom is 0.324 e. The monoisotopic (exact) mass is 319 g/mol. The zero-order chi connectivity index (χ0) is 15.6. The summed E-state index contributed by atoms with van der Waals surface area (Å²) in [6.45, 7) is 6.56. The Labute approximate surface area is 124 Å². The molecule has 20 heavy (non-hydrogen) atoms. The Bertz CT molecular complexity index is 593. The zero-order valence-corrected chi connectivity index (χ0v) is 13.4. The highest BCUT2D eigenvalue weighted by Crippen LogP contribution is 2.16. The number of esters is 1. The van der Waals surface area contributed by atoms with Gasteiger partial charge in [-0.1, -0.05) is 17.7 Å². The number of rotatable bonds is 4. The van der Waals surface area contributed by atoms with Crippen molar-refractivity contribution in [1.82, 2.24) is 4.72 Å². The molecule has 1 aromatic carbocycles. The van der Waals surface area contributed by atoms with Crippen LogP contribution in [0.3, 0.4) is 0 Å². The molecule has 1 rings (SSSR count). The van der Waals surface area contributed by atoms with E-state index in [0.717, 1.165) is 0 Å². The van der Waals surface area contributed by atoms with E-state index in [0.29, 0.717) is 5.02 Å². The standard InChI is InChI=1S/C13H18ClNO4S/c1-9(12(16)19-13(2,3)4)15-20(17,18)11-7-5-6-10(14)8-11/h5-9,15H,1-4H3/t9-/m0/s1. The first kappa shape index (κ1) is 16.9. The molecule has 1 N–H and O–H groups in total. The molecule has 0 unspecified atom stereocenters. The summed E-state index contributed by atoms with van der Waals surface area (Å²) in [4.78, 5) is 11.8. The Balaban J connectivity index is 2.84. The van der Waals surface area contributed by atoms with Crippen LogP contribution >= 0.6 is 11.6 Å². The smallest absolute Gasteiger partial charge is 0.324 e. The van der Waals surface area contributed by atoms with E-state index in [1.165, 1.54) is 25.1 Å². The van der Waals surface area contributed by atoms with Crippen LogP contribution in [0.15, 0.2) is 29.2 Å². The van der Waals surface area contributed by atoms with Gasteiger partial charge in [0, 0.05) is 5.02 Å². The molecule has 0 amide bonds. The van der Waals surface area contributed by atoms with E-state index in [2.05, 4.69) is 4.72 Å². The summed E-state index contributed by atoms with van der Waals surface area (Å²) in [7, 11) is -3.82. The molecule has 0 aliphatic carbocycles. The largest absolute Gasteiger partial charge is 0.459 e. The lowest BCUT2D eigenvalue weighted by Crippen LogP contribution is -2.42. The third kappa shape index (κ3) is 5.11. The predicted molar refractivity (Wildman–Crippen MR) is 77.1 cm³/mol. The third-order valence-corrected chi connectivity index (χ3v) is 3.97. The molecule has 0 aliphatic heterocycles. The SMILES string of the molecule is C[C@H](NS(=O)(=O)c1cccc(Cl)c1)C(=O)OC(C)(C)C. The van der Waals surface area contributed by atoms with Crippen molar-refractivity contribution in [2.24, 2.45) is 0 Å². The molecule has 1 atom stereocenters. The van der Waals surface area contributed by atoms with Gasteiger partial charge in [-0.05, 0) is 45.9 Å². The third-order valence-electron chi connectivity index (χ3n) is 2.20. The van der Waals surface area contributed by atoms with Gasteiger partial charge in [-0.3, -0.25) is 4.79 Å². The minimum Gasteiger partial charge on any atom is -0.459 e. The van der Waals surface area contributed by atoms with Crippen LogP contribution in [0.4, 0.5) is 0 Å². The number of ether oxygens (including phenoxy) is 1. The highest BCUT2D eigenvalue weighted by atomic mass is 35.5. The maximum atomic E-state index is 12.1. The van der Waals surface area contributed by atoms with E-state index in [1.807, 2.05) is 0 Å². The molecule has 7 heteroatoms. The Morgan fingerprint density at radius 2 is 1.95 bits per heavy atom. The van der Waals surface area contributed by atoms with Crippen LogP contribution in [0.2, 0.25) is 5.02 Å². The number of hydrogen-bond donors (Lipinski definition) is 1. The number of carbonyl (C=O) groups is 1. The van der Waals surface area contributed by atoms with Crippen LogP contribution < -0.4 is 4.72 Å². The second kappa shape index (κ2) is 6.11. The second-order valence-electron chi connectivity index (χ2n) is 5.33. The molecular weight excluding hydrogens is 302 g/mol. The first-order valence-electron chi connectivity index (χ1n) is 6.02. The average Bonchev–Trinajstić information content (AvgIpc) is 2.26. The van der Waals surface area contributed by atoms with Gasteiger partial charge in [-0.2, -0.15) is 4.72 Å². The Morgan fingerprint density at radius 1 is 1.35 bits per heavy atom. The van der Waals surface area contributed by atoms with E-state index < -0.39 is 27.6 Å². The minimum atomic E-state index is -3.82. The molecule has 1 aromatic rings. The molecule has 0 aromatic heterocycles. The van der Waals surface area contributed by atoms with Crippen molar-refractivity contribution in [3.05, 3.63) is 29.3 Å². The van der Waals surface area contributed by atoms with Crippen LogP contribution in [-0.2, 0) is 19.6 Å². The Hall–Kier alpha value is -1.11. The van der Waals surface area contributed by atoms with Gasteiger partial charge in [0.15, 0.2) is 0 Å². The van der Waals surface area contributed by atoms with Crippen LogP contribution in [0.1, 0.15) is 27.7 Å². The summed E-state index contributed by atoms with van der Waals surface area (Å²) >= 11 is 5.75. The Morgan fingerprint density at radius 3 is 2.45 bits per heavy atom. The molecular formula is C13H18ClNO4S. The van der Waals surface area contributed by atoms with Gasteiger partial charge in [-0.25, -0.2) is 8.42 Å². The number of hydrogen-bond acceptors (Lipinski definition) is 4. The lowest BCUT2D eigenvalue weighted by Gasteiger charge is -2.22. The molecule has 5 nitrogen and oxygen atoms in total. The summed E-state index contributed by atoms with van der Waals surface area (Å²) in [5.41, 5.74) is -0.674. The fourth-order valence-corrected chi connectivity index (χ4v) is 2.87. The van der Waals surface area contributed by atoms with Crippen molar-refractivity contribution in [3.8, 4) is 0 Å². The molecule has 0 bridgehead atoms. The zero-order valence-electron chi connectivity index (χ0n) is 11.8. The molecule has 0 aliphatic rings. The first-order valence-corrected chi connectivity index (χ1v) is 7.88. The van der Waals surface area contributed by atoms with E-state index in [9.17, 15) is 13.2 Å². The van der Waals surface area contributed by atoms with E-state index >= 15 is 0 Å². The van der Waals surface area contributed by atoms with Crippen LogP contribution in [0, 0.1) is 0 Å². The molecule has 0 spiro atoms. The molecule has 0 saturated heterocycles. The van der Waals surface area contributed by atoms with Crippen molar-refractivity contribution in [1.29, 1.82) is 0 Å². The number of nitrogens with one attached hydrogen (secondary N) is 1. The van der Waals surface area contributed by atoms with Crippen molar-refractivity contribution in [3.63, 3.8) is 0 Å². The first-order chi connectivity index (χ1) is 9.01. The highest BCUT2D eigenvalue weighted by Gasteiger charge is 2.26. The topological polar surface area (TPSA) is 72.5 Å².